The molecule has 0 saturated heterocycles. The zero-order chi connectivity index (χ0) is 20.8. The SMILES string of the molecule is CSCc1nc2ccccc2n1CC(=O)Nc1ccc(OCC(=O)N(C)C)cc1. The van der Waals surface area contributed by atoms with Gasteiger partial charge in [0.2, 0.25) is 5.91 Å². The van der Waals surface area contributed by atoms with Crippen molar-refractivity contribution in [2.45, 2.75) is 12.3 Å². The van der Waals surface area contributed by atoms with Gasteiger partial charge in [-0.2, -0.15) is 11.8 Å². The molecule has 1 N–H and O–H groups in total. The molecule has 3 rings (SSSR count). The fraction of sp³-hybridized carbons (Fsp3) is 0.286. The van der Waals surface area contributed by atoms with Gasteiger partial charge in [0.05, 0.1) is 16.8 Å². The number of rotatable bonds is 8. The number of hydrogen-bond donors (Lipinski definition) is 1. The maximum absolute atomic E-state index is 12.6. The highest BCUT2D eigenvalue weighted by Gasteiger charge is 2.13. The van der Waals surface area contributed by atoms with Gasteiger partial charge in [-0.25, -0.2) is 4.98 Å². The van der Waals surface area contributed by atoms with E-state index < -0.39 is 0 Å². The van der Waals surface area contributed by atoms with Gasteiger partial charge in [-0.05, 0) is 42.7 Å². The summed E-state index contributed by atoms with van der Waals surface area (Å²) in [6, 6.07) is 14.8. The molecule has 3 aromatic rings. The Bertz CT molecular complexity index is 999. The minimum atomic E-state index is -0.132. The lowest BCUT2D eigenvalue weighted by atomic mass is 10.3. The Kier molecular flexibility index (Phi) is 6.77. The van der Waals surface area contributed by atoms with Crippen LogP contribution in [-0.2, 0) is 21.9 Å². The van der Waals surface area contributed by atoms with Crippen molar-refractivity contribution < 1.29 is 14.3 Å². The van der Waals surface area contributed by atoms with Crippen LogP contribution in [0.1, 0.15) is 5.82 Å². The molecule has 1 aromatic heterocycles. The third-order valence-electron chi connectivity index (χ3n) is 4.31. The van der Waals surface area contributed by atoms with E-state index >= 15 is 0 Å². The number of thioether (sulfide) groups is 1. The van der Waals surface area contributed by atoms with Crippen molar-refractivity contribution in [2.24, 2.45) is 0 Å². The van der Waals surface area contributed by atoms with Crippen LogP contribution in [0.5, 0.6) is 5.75 Å². The zero-order valence-corrected chi connectivity index (χ0v) is 17.5. The molecule has 0 saturated carbocycles. The van der Waals surface area contributed by atoms with E-state index in [-0.39, 0.29) is 25.0 Å². The topological polar surface area (TPSA) is 76.5 Å². The Balaban J connectivity index is 1.65. The van der Waals surface area contributed by atoms with E-state index in [1.54, 1.807) is 50.1 Å². The van der Waals surface area contributed by atoms with Gasteiger partial charge in [0.25, 0.3) is 5.91 Å². The molecule has 0 atom stereocenters. The number of imidazole rings is 1. The van der Waals surface area contributed by atoms with Crippen LogP contribution in [0.4, 0.5) is 5.69 Å². The predicted molar refractivity (Wildman–Crippen MR) is 116 cm³/mol. The number of fused-ring (bicyclic) bond motifs is 1. The molecule has 0 fully saturated rings. The van der Waals surface area contributed by atoms with Crippen molar-refractivity contribution in [3.05, 3.63) is 54.4 Å². The summed E-state index contributed by atoms with van der Waals surface area (Å²) in [6.07, 6.45) is 2.01. The van der Waals surface area contributed by atoms with Gasteiger partial charge < -0.3 is 19.5 Å². The quantitative estimate of drug-likeness (QED) is 0.616. The second-order valence-corrected chi connectivity index (χ2v) is 7.55. The summed E-state index contributed by atoms with van der Waals surface area (Å²) in [5, 5.41) is 2.90. The molecule has 2 amide bonds. The first-order valence-electron chi connectivity index (χ1n) is 9.14. The smallest absolute Gasteiger partial charge is 0.259 e. The number of amides is 2. The highest BCUT2D eigenvalue weighted by molar-refractivity contribution is 7.97. The van der Waals surface area contributed by atoms with Crippen molar-refractivity contribution in [1.82, 2.24) is 14.5 Å². The van der Waals surface area contributed by atoms with Crippen molar-refractivity contribution in [1.29, 1.82) is 0 Å². The number of carbonyl (C=O) groups is 2. The van der Waals surface area contributed by atoms with E-state index in [9.17, 15) is 9.59 Å². The third kappa shape index (κ3) is 5.29. The molecule has 0 aliphatic heterocycles. The van der Waals surface area contributed by atoms with Crippen LogP contribution >= 0.6 is 11.8 Å². The molecule has 1 heterocycles. The van der Waals surface area contributed by atoms with Crippen molar-refractivity contribution in [2.75, 3.05) is 32.3 Å². The molecule has 0 aliphatic carbocycles. The van der Waals surface area contributed by atoms with E-state index in [4.69, 9.17) is 4.74 Å². The maximum Gasteiger partial charge on any atom is 0.259 e. The minimum absolute atomic E-state index is 0.0232. The average Bonchev–Trinajstić information content (AvgIpc) is 3.04. The van der Waals surface area contributed by atoms with Crippen LogP contribution in [0.3, 0.4) is 0 Å². The van der Waals surface area contributed by atoms with Crippen LogP contribution in [0.2, 0.25) is 0 Å². The van der Waals surface area contributed by atoms with Gasteiger partial charge >= 0.3 is 0 Å². The molecule has 8 heteroatoms. The van der Waals surface area contributed by atoms with Gasteiger partial charge in [-0.15, -0.1) is 0 Å². The number of benzene rings is 2. The zero-order valence-electron chi connectivity index (χ0n) is 16.7. The van der Waals surface area contributed by atoms with E-state index in [2.05, 4.69) is 10.3 Å². The number of nitrogens with zero attached hydrogens (tertiary/aromatic N) is 3. The summed E-state index contributed by atoms with van der Waals surface area (Å²) in [6.45, 7) is 0.163. The maximum atomic E-state index is 12.6. The number of carbonyl (C=O) groups excluding carboxylic acids is 2. The molecule has 152 valence electrons. The fourth-order valence-electron chi connectivity index (χ4n) is 2.79. The minimum Gasteiger partial charge on any atom is -0.484 e. The summed E-state index contributed by atoms with van der Waals surface area (Å²) < 4.78 is 7.40. The number of hydrogen-bond acceptors (Lipinski definition) is 5. The standard InChI is InChI=1S/C21H24N4O3S/c1-24(2)21(27)13-28-16-10-8-15(9-11-16)22-20(26)12-25-18-7-5-4-6-17(18)23-19(25)14-29-3/h4-11H,12-14H2,1-3H3,(H,22,26). The largest absolute Gasteiger partial charge is 0.484 e. The van der Waals surface area contributed by atoms with Crippen molar-refractivity contribution >= 4 is 40.3 Å². The highest BCUT2D eigenvalue weighted by atomic mass is 32.2. The molecule has 7 nitrogen and oxygen atoms in total. The van der Waals surface area contributed by atoms with Gasteiger partial charge in [-0.1, -0.05) is 12.1 Å². The van der Waals surface area contributed by atoms with Crippen LogP contribution in [0.15, 0.2) is 48.5 Å². The molecule has 0 aliphatic rings. The molecular weight excluding hydrogens is 388 g/mol. The fourth-order valence-corrected chi connectivity index (χ4v) is 3.27. The highest BCUT2D eigenvalue weighted by Crippen LogP contribution is 2.20. The molecule has 0 unspecified atom stereocenters. The van der Waals surface area contributed by atoms with Crippen molar-refractivity contribution in [3.63, 3.8) is 0 Å². The Labute approximate surface area is 174 Å². The van der Waals surface area contributed by atoms with E-state index in [1.165, 1.54) is 4.90 Å². The van der Waals surface area contributed by atoms with Crippen molar-refractivity contribution in [3.8, 4) is 5.75 Å². The molecule has 0 spiro atoms. The second kappa shape index (κ2) is 9.47. The molecule has 29 heavy (non-hydrogen) atoms. The van der Waals surface area contributed by atoms with Crippen LogP contribution < -0.4 is 10.1 Å². The van der Waals surface area contributed by atoms with Crippen LogP contribution in [-0.4, -0.2) is 53.2 Å². The third-order valence-corrected chi connectivity index (χ3v) is 4.85. The molecule has 2 aromatic carbocycles. The summed E-state index contributed by atoms with van der Waals surface area (Å²) in [5.74, 6) is 1.94. The number of ether oxygens (including phenoxy) is 1. The normalized spacial score (nSPS) is 10.7. The molecule has 0 radical (unpaired) electrons. The first kappa shape index (κ1) is 20.7. The Morgan fingerprint density at radius 3 is 2.55 bits per heavy atom. The van der Waals surface area contributed by atoms with Gasteiger partial charge in [0, 0.05) is 19.8 Å². The van der Waals surface area contributed by atoms with Gasteiger partial charge in [0.15, 0.2) is 6.61 Å². The van der Waals surface area contributed by atoms with E-state index in [0.29, 0.717) is 11.4 Å². The second-order valence-electron chi connectivity index (χ2n) is 6.69. The summed E-state index contributed by atoms with van der Waals surface area (Å²) >= 11 is 1.67. The Morgan fingerprint density at radius 2 is 1.86 bits per heavy atom. The number of nitrogens with one attached hydrogen (secondary N) is 1. The van der Waals surface area contributed by atoms with Gasteiger partial charge in [-0.3, -0.25) is 9.59 Å². The first-order chi connectivity index (χ1) is 14.0. The Hall–Kier alpha value is -3.00. The summed E-state index contributed by atoms with van der Waals surface area (Å²) in [4.78, 5) is 30.3. The summed E-state index contributed by atoms with van der Waals surface area (Å²) in [7, 11) is 3.36. The molecular formula is C21H24N4O3S. The van der Waals surface area contributed by atoms with E-state index in [0.717, 1.165) is 22.6 Å². The summed E-state index contributed by atoms with van der Waals surface area (Å²) in [5.41, 5.74) is 2.50. The average molecular weight is 413 g/mol. The van der Waals surface area contributed by atoms with Crippen LogP contribution in [0, 0.1) is 0 Å². The van der Waals surface area contributed by atoms with E-state index in [1.807, 2.05) is 35.1 Å². The molecule has 0 bridgehead atoms. The number of para-hydroxylation sites is 2. The monoisotopic (exact) mass is 412 g/mol. The van der Waals surface area contributed by atoms with Gasteiger partial charge in [0.1, 0.15) is 18.1 Å². The number of anilines is 1. The lowest BCUT2D eigenvalue weighted by Gasteiger charge is -2.12. The number of aromatic nitrogens is 2. The van der Waals surface area contributed by atoms with Crippen LogP contribution in [0.25, 0.3) is 11.0 Å². The first-order valence-corrected chi connectivity index (χ1v) is 10.5. The lowest BCUT2D eigenvalue weighted by Crippen LogP contribution is -2.27. The lowest BCUT2D eigenvalue weighted by molar-refractivity contribution is -0.130. The predicted octanol–water partition coefficient (Wildman–Crippen LogP) is 3.01. The Morgan fingerprint density at radius 1 is 1.14 bits per heavy atom. The number of likely N-dealkylation sites (N-methyl/N-ethyl adjacent to an activating group) is 1.